The Balaban J connectivity index is 1.60. The molecule has 94 valence electrons. The summed E-state index contributed by atoms with van der Waals surface area (Å²) in [6.45, 7) is 0.836. The Morgan fingerprint density at radius 1 is 1.33 bits per heavy atom. The fourth-order valence-electron chi connectivity index (χ4n) is 2.09. The van der Waals surface area contributed by atoms with Crippen molar-refractivity contribution in [2.75, 3.05) is 13.2 Å². The van der Waals surface area contributed by atoms with Crippen LogP contribution in [0.25, 0.3) is 11.0 Å². The van der Waals surface area contributed by atoms with Gasteiger partial charge in [0.25, 0.3) is 0 Å². The van der Waals surface area contributed by atoms with E-state index in [0.717, 1.165) is 23.3 Å². The molecule has 2 aromatic rings. The molecular weight excluding hydrogens is 228 g/mol. The van der Waals surface area contributed by atoms with Crippen LogP contribution in [0.15, 0.2) is 34.9 Å². The minimum absolute atomic E-state index is 0.00394. The van der Waals surface area contributed by atoms with Gasteiger partial charge in [-0.3, -0.25) is 4.79 Å². The topological polar surface area (TPSA) is 39.4 Å². The molecule has 1 heterocycles. The number of carbonyl (C=O) groups is 1. The van der Waals surface area contributed by atoms with Gasteiger partial charge in [0.05, 0.1) is 5.56 Å². The van der Waals surface area contributed by atoms with E-state index in [1.165, 1.54) is 19.1 Å². The highest BCUT2D eigenvalue weighted by Crippen LogP contribution is 2.32. The van der Waals surface area contributed by atoms with Crippen molar-refractivity contribution in [3.8, 4) is 0 Å². The number of Topliss-reactive ketones (excluding diaryl/α,β-unsaturated/α-hetero) is 1. The molecule has 0 N–H and O–H groups in total. The molecule has 0 bridgehead atoms. The first-order valence-electron chi connectivity index (χ1n) is 6.42. The predicted molar refractivity (Wildman–Crippen MR) is 68.7 cm³/mol. The minimum atomic E-state index is -0.00394. The molecule has 3 nitrogen and oxygen atoms in total. The molecule has 3 heteroatoms. The molecule has 3 rings (SSSR count). The van der Waals surface area contributed by atoms with Crippen molar-refractivity contribution in [3.05, 3.63) is 36.1 Å². The number of fused-ring (bicyclic) bond motifs is 1. The van der Waals surface area contributed by atoms with E-state index in [4.69, 9.17) is 9.15 Å². The van der Waals surface area contributed by atoms with E-state index in [2.05, 4.69) is 0 Å². The van der Waals surface area contributed by atoms with Crippen molar-refractivity contribution in [2.45, 2.75) is 19.3 Å². The summed E-state index contributed by atoms with van der Waals surface area (Å²) in [5.74, 6) is 0.839. The van der Waals surface area contributed by atoms with E-state index in [1.807, 2.05) is 24.3 Å². The minimum Gasteiger partial charge on any atom is -0.464 e. The Labute approximate surface area is 106 Å². The first-order valence-corrected chi connectivity index (χ1v) is 6.42. The van der Waals surface area contributed by atoms with Gasteiger partial charge in [-0.15, -0.1) is 0 Å². The predicted octanol–water partition coefficient (Wildman–Crippen LogP) is 3.43. The third kappa shape index (κ3) is 2.46. The summed E-state index contributed by atoms with van der Waals surface area (Å²) in [4.78, 5) is 12.0. The Hall–Kier alpha value is -1.61. The van der Waals surface area contributed by atoms with E-state index >= 15 is 0 Å². The molecule has 1 saturated carbocycles. The molecule has 0 spiro atoms. The van der Waals surface area contributed by atoms with E-state index in [1.54, 1.807) is 0 Å². The fraction of sp³-hybridized carbons (Fsp3) is 0.400. The first-order chi connectivity index (χ1) is 8.84. The summed E-state index contributed by atoms with van der Waals surface area (Å²) < 4.78 is 10.8. The Kier molecular flexibility index (Phi) is 3.15. The molecular formula is C15H16O3. The van der Waals surface area contributed by atoms with Gasteiger partial charge in [-0.1, -0.05) is 31.0 Å². The number of ether oxygens (including phenoxy) is 1. The summed E-state index contributed by atoms with van der Waals surface area (Å²) in [7, 11) is 0. The maximum absolute atomic E-state index is 12.0. The van der Waals surface area contributed by atoms with Crippen LogP contribution in [-0.4, -0.2) is 19.0 Å². The maximum Gasteiger partial charge on any atom is 0.192 e. The van der Waals surface area contributed by atoms with Crippen molar-refractivity contribution in [1.29, 1.82) is 0 Å². The van der Waals surface area contributed by atoms with Gasteiger partial charge in [-0.25, -0.2) is 0 Å². The van der Waals surface area contributed by atoms with Gasteiger partial charge in [0, 0.05) is 12.0 Å². The quantitative estimate of drug-likeness (QED) is 0.577. The number of rotatable bonds is 6. The fourth-order valence-corrected chi connectivity index (χ4v) is 2.09. The second-order valence-corrected chi connectivity index (χ2v) is 4.85. The normalized spacial score (nSPS) is 15.1. The zero-order valence-corrected chi connectivity index (χ0v) is 10.2. The lowest BCUT2D eigenvalue weighted by Gasteiger charge is -2.01. The van der Waals surface area contributed by atoms with Crippen molar-refractivity contribution in [1.82, 2.24) is 0 Å². The lowest BCUT2D eigenvalue weighted by molar-refractivity contribution is 0.0749. The molecule has 1 aromatic heterocycles. The van der Waals surface area contributed by atoms with E-state index in [-0.39, 0.29) is 12.4 Å². The molecule has 1 aliphatic carbocycles. The molecule has 0 atom stereocenters. The SMILES string of the molecule is O=C(COCCC1CC1)c1coc2ccccc12. The van der Waals surface area contributed by atoms with Gasteiger partial charge in [0.15, 0.2) is 5.78 Å². The lowest BCUT2D eigenvalue weighted by atomic mass is 10.1. The molecule has 0 amide bonds. The van der Waals surface area contributed by atoms with Crippen LogP contribution in [0, 0.1) is 5.92 Å². The lowest BCUT2D eigenvalue weighted by Crippen LogP contribution is -2.09. The van der Waals surface area contributed by atoms with Crippen molar-refractivity contribution >= 4 is 16.8 Å². The average Bonchev–Trinajstić information content (AvgIpc) is 3.11. The highest BCUT2D eigenvalue weighted by atomic mass is 16.5. The van der Waals surface area contributed by atoms with E-state index in [0.29, 0.717) is 12.2 Å². The number of furan rings is 1. The van der Waals surface area contributed by atoms with E-state index < -0.39 is 0 Å². The van der Waals surface area contributed by atoms with Crippen molar-refractivity contribution < 1.29 is 13.9 Å². The molecule has 1 aromatic carbocycles. The van der Waals surface area contributed by atoms with Gasteiger partial charge in [-0.2, -0.15) is 0 Å². The number of carbonyl (C=O) groups excluding carboxylic acids is 1. The van der Waals surface area contributed by atoms with Crippen molar-refractivity contribution in [3.63, 3.8) is 0 Å². The molecule has 0 aliphatic heterocycles. The van der Waals surface area contributed by atoms with Gasteiger partial charge in [0.1, 0.15) is 18.5 Å². The third-order valence-corrected chi connectivity index (χ3v) is 3.38. The summed E-state index contributed by atoms with van der Waals surface area (Å²) in [5, 5.41) is 0.869. The zero-order chi connectivity index (χ0) is 12.4. The smallest absolute Gasteiger partial charge is 0.192 e. The Morgan fingerprint density at radius 2 is 2.17 bits per heavy atom. The average molecular weight is 244 g/mol. The summed E-state index contributed by atoms with van der Waals surface area (Å²) in [5.41, 5.74) is 1.37. The Morgan fingerprint density at radius 3 is 3.00 bits per heavy atom. The van der Waals surface area contributed by atoms with Crippen LogP contribution in [0.1, 0.15) is 29.6 Å². The van der Waals surface area contributed by atoms with Crippen LogP contribution < -0.4 is 0 Å². The molecule has 18 heavy (non-hydrogen) atoms. The summed E-state index contributed by atoms with van der Waals surface area (Å²) in [6, 6.07) is 7.56. The molecule has 0 radical (unpaired) electrons. The standard InChI is InChI=1S/C15H16O3/c16-14(10-17-8-7-11-5-6-11)13-9-18-15-4-2-1-3-12(13)15/h1-4,9,11H,5-8,10H2. The second-order valence-electron chi connectivity index (χ2n) is 4.85. The van der Waals surface area contributed by atoms with Gasteiger partial charge >= 0.3 is 0 Å². The highest BCUT2D eigenvalue weighted by Gasteiger charge is 2.20. The van der Waals surface area contributed by atoms with Gasteiger partial charge < -0.3 is 9.15 Å². The van der Waals surface area contributed by atoms with Gasteiger partial charge in [-0.05, 0) is 18.4 Å². The monoisotopic (exact) mass is 244 g/mol. The van der Waals surface area contributed by atoms with Crippen LogP contribution in [0.3, 0.4) is 0 Å². The maximum atomic E-state index is 12.0. The van der Waals surface area contributed by atoms with Crippen LogP contribution in [0.2, 0.25) is 0 Å². The third-order valence-electron chi connectivity index (χ3n) is 3.38. The first kappa shape index (κ1) is 11.5. The Bertz CT molecular complexity index is 552. The number of hydrogen-bond donors (Lipinski definition) is 0. The number of hydrogen-bond acceptors (Lipinski definition) is 3. The zero-order valence-electron chi connectivity index (χ0n) is 10.2. The summed E-state index contributed by atoms with van der Waals surface area (Å²) in [6.07, 6.45) is 5.25. The van der Waals surface area contributed by atoms with Crippen LogP contribution in [0.5, 0.6) is 0 Å². The number of para-hydroxylation sites is 1. The largest absolute Gasteiger partial charge is 0.464 e. The van der Waals surface area contributed by atoms with Crippen molar-refractivity contribution in [2.24, 2.45) is 5.92 Å². The van der Waals surface area contributed by atoms with Crippen LogP contribution in [-0.2, 0) is 4.74 Å². The van der Waals surface area contributed by atoms with Crippen LogP contribution in [0.4, 0.5) is 0 Å². The second kappa shape index (κ2) is 4.94. The number of benzene rings is 1. The number of ketones is 1. The molecule has 1 fully saturated rings. The van der Waals surface area contributed by atoms with E-state index in [9.17, 15) is 4.79 Å². The van der Waals surface area contributed by atoms with Gasteiger partial charge in [0.2, 0.25) is 0 Å². The highest BCUT2D eigenvalue weighted by molar-refractivity contribution is 6.07. The molecule has 1 aliphatic rings. The molecule has 0 saturated heterocycles. The molecule has 0 unspecified atom stereocenters. The van der Waals surface area contributed by atoms with Crippen LogP contribution >= 0.6 is 0 Å². The summed E-state index contributed by atoms with van der Waals surface area (Å²) >= 11 is 0.